The third kappa shape index (κ3) is 3.23. The lowest BCUT2D eigenvalue weighted by atomic mass is 10.1. The Morgan fingerprint density at radius 1 is 1.14 bits per heavy atom. The lowest BCUT2D eigenvalue weighted by Crippen LogP contribution is -2.01. The van der Waals surface area contributed by atoms with E-state index in [2.05, 4.69) is 63.3 Å². The maximum absolute atomic E-state index is 4.42. The lowest BCUT2D eigenvalue weighted by Gasteiger charge is -2.14. The van der Waals surface area contributed by atoms with Gasteiger partial charge in [0.2, 0.25) is 0 Å². The Kier molecular flexibility index (Phi) is 5.37. The van der Waals surface area contributed by atoms with Gasteiger partial charge in [-0.15, -0.1) is 12.4 Å². The third-order valence-corrected chi connectivity index (χ3v) is 4.07. The van der Waals surface area contributed by atoms with Crippen LogP contribution in [-0.4, -0.2) is 9.97 Å². The van der Waals surface area contributed by atoms with Crippen molar-refractivity contribution >= 4 is 50.7 Å². The summed E-state index contributed by atoms with van der Waals surface area (Å²) in [5.41, 5.74) is 4.58. The molecule has 0 saturated carbocycles. The topological polar surface area (TPSA) is 37.8 Å². The molecule has 0 spiro atoms. The van der Waals surface area contributed by atoms with E-state index in [1.54, 1.807) is 6.33 Å². The van der Waals surface area contributed by atoms with E-state index in [0.717, 1.165) is 33.3 Å². The third-order valence-electron chi connectivity index (χ3n) is 3.58. The monoisotopic (exact) mass is 377 g/mol. The Hall–Kier alpha value is -1.65. The molecule has 114 valence electrons. The Morgan fingerprint density at radius 3 is 2.73 bits per heavy atom. The molecule has 1 heterocycles. The minimum Gasteiger partial charge on any atom is -0.339 e. The number of benzene rings is 2. The first-order valence-corrected chi connectivity index (χ1v) is 7.74. The molecule has 0 atom stereocenters. The van der Waals surface area contributed by atoms with Crippen LogP contribution in [0.5, 0.6) is 0 Å². The summed E-state index contributed by atoms with van der Waals surface area (Å²) >= 11 is 3.51. The Balaban J connectivity index is 0.00000176. The number of rotatable bonds is 3. The van der Waals surface area contributed by atoms with Crippen LogP contribution in [0.2, 0.25) is 0 Å². The van der Waals surface area contributed by atoms with Crippen LogP contribution >= 0.6 is 28.3 Å². The Morgan fingerprint density at radius 2 is 1.95 bits per heavy atom. The summed E-state index contributed by atoms with van der Waals surface area (Å²) in [7, 11) is 0. The summed E-state index contributed by atoms with van der Waals surface area (Å²) in [6, 6.07) is 12.4. The zero-order chi connectivity index (χ0) is 14.8. The van der Waals surface area contributed by atoms with Gasteiger partial charge < -0.3 is 5.32 Å². The number of aryl methyl sites for hydroxylation is 2. The molecular weight excluding hydrogens is 362 g/mol. The molecule has 0 saturated heterocycles. The number of halogens is 2. The van der Waals surface area contributed by atoms with Gasteiger partial charge in [0, 0.05) is 15.5 Å². The van der Waals surface area contributed by atoms with Crippen LogP contribution in [-0.2, 0) is 6.42 Å². The molecule has 3 rings (SSSR count). The number of hydrogen-bond acceptors (Lipinski definition) is 3. The minimum absolute atomic E-state index is 0. The Bertz CT molecular complexity index is 805. The quantitative estimate of drug-likeness (QED) is 0.660. The van der Waals surface area contributed by atoms with E-state index in [9.17, 15) is 0 Å². The van der Waals surface area contributed by atoms with E-state index in [1.807, 2.05) is 18.2 Å². The van der Waals surface area contributed by atoms with Crippen LogP contribution in [0.1, 0.15) is 18.1 Å². The summed E-state index contributed by atoms with van der Waals surface area (Å²) < 4.78 is 1.02. The lowest BCUT2D eigenvalue weighted by molar-refractivity contribution is 1.13. The van der Waals surface area contributed by atoms with Crippen molar-refractivity contribution in [1.82, 2.24) is 9.97 Å². The SMILES string of the molecule is CCc1cccc(C)c1Nc1ncnc2ccc(Br)cc12.Cl. The molecule has 1 N–H and O–H groups in total. The zero-order valence-electron chi connectivity index (χ0n) is 12.4. The summed E-state index contributed by atoms with van der Waals surface area (Å²) in [6.07, 6.45) is 2.58. The summed E-state index contributed by atoms with van der Waals surface area (Å²) in [4.78, 5) is 8.73. The van der Waals surface area contributed by atoms with Crippen molar-refractivity contribution in [2.24, 2.45) is 0 Å². The van der Waals surface area contributed by atoms with Crippen LogP contribution in [0.25, 0.3) is 10.9 Å². The molecule has 1 aromatic heterocycles. The first-order chi connectivity index (χ1) is 10.2. The fraction of sp³-hybridized carbons (Fsp3) is 0.176. The number of nitrogens with one attached hydrogen (secondary N) is 1. The van der Waals surface area contributed by atoms with Crippen molar-refractivity contribution in [1.29, 1.82) is 0 Å². The average Bonchev–Trinajstić information content (AvgIpc) is 2.49. The highest BCUT2D eigenvalue weighted by Gasteiger charge is 2.09. The molecule has 0 bridgehead atoms. The summed E-state index contributed by atoms with van der Waals surface area (Å²) in [5.74, 6) is 0.838. The summed E-state index contributed by atoms with van der Waals surface area (Å²) in [6.45, 7) is 4.27. The molecule has 0 aliphatic heterocycles. The molecule has 0 amide bonds. The minimum atomic E-state index is 0. The first kappa shape index (κ1) is 16.7. The number of aromatic nitrogens is 2. The summed E-state index contributed by atoms with van der Waals surface area (Å²) in [5, 5.41) is 4.50. The van der Waals surface area contributed by atoms with Gasteiger partial charge in [-0.2, -0.15) is 0 Å². The van der Waals surface area contributed by atoms with Gasteiger partial charge in [0.1, 0.15) is 12.1 Å². The van der Waals surface area contributed by atoms with Gasteiger partial charge in [-0.05, 0) is 42.7 Å². The molecule has 0 aliphatic carbocycles. The van der Waals surface area contributed by atoms with Crippen molar-refractivity contribution in [3.05, 3.63) is 58.3 Å². The molecule has 5 heteroatoms. The van der Waals surface area contributed by atoms with Crippen LogP contribution in [0, 0.1) is 6.92 Å². The normalized spacial score (nSPS) is 10.3. The fourth-order valence-corrected chi connectivity index (χ4v) is 2.81. The van der Waals surface area contributed by atoms with Crippen LogP contribution in [0.3, 0.4) is 0 Å². The highest BCUT2D eigenvalue weighted by atomic mass is 79.9. The van der Waals surface area contributed by atoms with E-state index in [4.69, 9.17) is 0 Å². The molecular formula is C17H17BrClN3. The van der Waals surface area contributed by atoms with Crippen molar-refractivity contribution in [3.63, 3.8) is 0 Å². The molecule has 0 fully saturated rings. The fourth-order valence-electron chi connectivity index (χ4n) is 2.45. The standard InChI is InChI=1S/C17H16BrN3.ClH/c1-3-12-6-4-5-11(2)16(12)21-17-14-9-13(18)7-8-15(14)19-10-20-17;/h4-10H,3H2,1-2H3,(H,19,20,21);1H. The highest BCUT2D eigenvalue weighted by Crippen LogP contribution is 2.29. The smallest absolute Gasteiger partial charge is 0.141 e. The van der Waals surface area contributed by atoms with Gasteiger partial charge in [-0.25, -0.2) is 9.97 Å². The van der Waals surface area contributed by atoms with E-state index >= 15 is 0 Å². The second-order valence-corrected chi connectivity index (χ2v) is 5.89. The zero-order valence-corrected chi connectivity index (χ0v) is 14.8. The predicted molar refractivity (Wildman–Crippen MR) is 98.3 cm³/mol. The van der Waals surface area contributed by atoms with Gasteiger partial charge in [-0.1, -0.05) is 41.1 Å². The van der Waals surface area contributed by atoms with Crippen molar-refractivity contribution in [2.45, 2.75) is 20.3 Å². The Labute approximate surface area is 144 Å². The van der Waals surface area contributed by atoms with Gasteiger partial charge in [0.25, 0.3) is 0 Å². The second kappa shape index (κ2) is 7.07. The number of fused-ring (bicyclic) bond motifs is 1. The van der Waals surface area contributed by atoms with Gasteiger partial charge >= 0.3 is 0 Å². The highest BCUT2D eigenvalue weighted by molar-refractivity contribution is 9.10. The van der Waals surface area contributed by atoms with Crippen LogP contribution in [0.4, 0.5) is 11.5 Å². The maximum atomic E-state index is 4.42. The number of hydrogen-bond donors (Lipinski definition) is 1. The van der Waals surface area contributed by atoms with Gasteiger partial charge in [0.15, 0.2) is 0 Å². The van der Waals surface area contributed by atoms with E-state index in [-0.39, 0.29) is 12.4 Å². The molecule has 0 aliphatic rings. The van der Waals surface area contributed by atoms with Crippen molar-refractivity contribution in [3.8, 4) is 0 Å². The van der Waals surface area contributed by atoms with Gasteiger partial charge in [-0.3, -0.25) is 0 Å². The molecule has 3 aromatic rings. The van der Waals surface area contributed by atoms with E-state index < -0.39 is 0 Å². The second-order valence-electron chi connectivity index (χ2n) is 4.97. The molecule has 3 nitrogen and oxygen atoms in total. The molecule has 22 heavy (non-hydrogen) atoms. The maximum Gasteiger partial charge on any atom is 0.141 e. The van der Waals surface area contributed by atoms with Crippen LogP contribution in [0.15, 0.2) is 47.2 Å². The van der Waals surface area contributed by atoms with E-state index in [1.165, 1.54) is 11.1 Å². The van der Waals surface area contributed by atoms with Crippen LogP contribution < -0.4 is 5.32 Å². The van der Waals surface area contributed by atoms with Crippen molar-refractivity contribution in [2.75, 3.05) is 5.32 Å². The van der Waals surface area contributed by atoms with Crippen molar-refractivity contribution < 1.29 is 0 Å². The molecule has 2 aromatic carbocycles. The number of para-hydroxylation sites is 1. The molecule has 0 radical (unpaired) electrons. The molecule has 0 unspecified atom stereocenters. The number of nitrogens with zero attached hydrogens (tertiary/aromatic N) is 2. The van der Waals surface area contributed by atoms with Gasteiger partial charge in [0.05, 0.1) is 5.52 Å². The number of anilines is 2. The van der Waals surface area contributed by atoms with E-state index in [0.29, 0.717) is 0 Å². The predicted octanol–water partition coefficient (Wildman–Crippen LogP) is 5.43. The largest absolute Gasteiger partial charge is 0.339 e. The first-order valence-electron chi connectivity index (χ1n) is 6.95. The average molecular weight is 379 g/mol.